The van der Waals surface area contributed by atoms with Gasteiger partial charge in [-0.15, -0.1) is 11.6 Å². The van der Waals surface area contributed by atoms with Crippen molar-refractivity contribution in [3.05, 3.63) is 17.5 Å². The lowest BCUT2D eigenvalue weighted by molar-refractivity contribution is 0.568. The van der Waals surface area contributed by atoms with Gasteiger partial charge >= 0.3 is 0 Å². The van der Waals surface area contributed by atoms with E-state index in [-0.39, 0.29) is 18.2 Å². The van der Waals surface area contributed by atoms with Crippen molar-refractivity contribution in [2.45, 2.75) is 26.8 Å². The standard InChI is InChI=1S/C11H20ClN3O2S/c1-4-11-10(7-15(3)14-11)6-13-18(16,17)8-9(2)5-12/h7,9,13H,4-6,8H2,1-3H3. The minimum absolute atomic E-state index is 0.0521. The summed E-state index contributed by atoms with van der Waals surface area (Å²) in [5, 5.41) is 4.27. The van der Waals surface area contributed by atoms with Crippen LogP contribution < -0.4 is 4.72 Å². The number of hydrogen-bond acceptors (Lipinski definition) is 3. The Hall–Kier alpha value is -0.590. The van der Waals surface area contributed by atoms with E-state index in [4.69, 9.17) is 11.6 Å². The molecule has 0 aliphatic carbocycles. The third-order valence-electron chi connectivity index (χ3n) is 2.58. The fourth-order valence-electron chi connectivity index (χ4n) is 1.69. The van der Waals surface area contributed by atoms with Crippen molar-refractivity contribution in [1.29, 1.82) is 0 Å². The summed E-state index contributed by atoms with van der Waals surface area (Å²) in [4.78, 5) is 0. The van der Waals surface area contributed by atoms with Gasteiger partial charge in [-0.05, 0) is 12.3 Å². The summed E-state index contributed by atoms with van der Waals surface area (Å²) < 4.78 is 27.9. The summed E-state index contributed by atoms with van der Waals surface area (Å²) in [6.45, 7) is 4.10. The Labute approximate surface area is 114 Å². The molecular weight excluding hydrogens is 274 g/mol. The zero-order valence-electron chi connectivity index (χ0n) is 11.0. The van der Waals surface area contributed by atoms with Gasteiger partial charge in [0.05, 0.1) is 11.4 Å². The minimum atomic E-state index is -3.28. The predicted octanol–water partition coefficient (Wildman–Crippen LogP) is 1.28. The van der Waals surface area contributed by atoms with Gasteiger partial charge in [0.25, 0.3) is 0 Å². The lowest BCUT2D eigenvalue weighted by Gasteiger charge is -2.09. The minimum Gasteiger partial charge on any atom is -0.275 e. The van der Waals surface area contributed by atoms with Crippen LogP contribution in [0.5, 0.6) is 0 Å². The van der Waals surface area contributed by atoms with Crippen LogP contribution in [0.3, 0.4) is 0 Å². The van der Waals surface area contributed by atoms with E-state index < -0.39 is 10.0 Å². The number of nitrogens with zero attached hydrogens (tertiary/aromatic N) is 2. The number of nitrogens with one attached hydrogen (secondary N) is 1. The average molecular weight is 294 g/mol. The Kier molecular flexibility index (Phi) is 5.62. The molecule has 0 saturated heterocycles. The molecule has 5 nitrogen and oxygen atoms in total. The second-order valence-electron chi connectivity index (χ2n) is 4.49. The molecule has 7 heteroatoms. The maximum Gasteiger partial charge on any atom is 0.212 e. The Balaban J connectivity index is 2.64. The highest BCUT2D eigenvalue weighted by Gasteiger charge is 2.16. The number of aryl methyl sites for hydroxylation is 2. The molecule has 0 aliphatic rings. The molecule has 0 spiro atoms. The molecule has 0 aromatic carbocycles. The SMILES string of the molecule is CCc1nn(C)cc1CNS(=O)(=O)CC(C)CCl. The fourth-order valence-corrected chi connectivity index (χ4v) is 3.29. The van der Waals surface area contributed by atoms with Crippen LogP contribution in [-0.2, 0) is 30.0 Å². The number of halogens is 1. The summed E-state index contributed by atoms with van der Waals surface area (Å²) in [5.74, 6) is 0.343. The average Bonchev–Trinajstić information content (AvgIpc) is 2.66. The van der Waals surface area contributed by atoms with Crippen molar-refractivity contribution < 1.29 is 8.42 Å². The summed E-state index contributed by atoms with van der Waals surface area (Å²) >= 11 is 5.62. The highest BCUT2D eigenvalue weighted by Crippen LogP contribution is 2.08. The molecule has 1 unspecified atom stereocenters. The van der Waals surface area contributed by atoms with E-state index in [0.29, 0.717) is 5.88 Å². The van der Waals surface area contributed by atoms with Crippen LogP contribution in [0.2, 0.25) is 0 Å². The van der Waals surface area contributed by atoms with E-state index in [9.17, 15) is 8.42 Å². The van der Waals surface area contributed by atoms with Crippen molar-refractivity contribution in [3.8, 4) is 0 Å². The van der Waals surface area contributed by atoms with Gasteiger partial charge < -0.3 is 0 Å². The van der Waals surface area contributed by atoms with Crippen molar-refractivity contribution in [2.75, 3.05) is 11.6 Å². The molecule has 0 saturated carbocycles. The molecule has 104 valence electrons. The summed E-state index contributed by atoms with van der Waals surface area (Å²) in [6.07, 6.45) is 2.63. The first-order chi connectivity index (χ1) is 8.38. The topological polar surface area (TPSA) is 64.0 Å². The van der Waals surface area contributed by atoms with E-state index in [1.165, 1.54) is 0 Å². The summed E-state index contributed by atoms with van der Waals surface area (Å²) in [6, 6.07) is 0. The predicted molar refractivity (Wildman–Crippen MR) is 73.1 cm³/mol. The van der Waals surface area contributed by atoms with Crippen LogP contribution in [0, 0.1) is 5.92 Å². The molecule has 1 heterocycles. The van der Waals surface area contributed by atoms with Crippen molar-refractivity contribution in [3.63, 3.8) is 0 Å². The normalized spacial score (nSPS) is 13.8. The first-order valence-electron chi connectivity index (χ1n) is 5.92. The first-order valence-corrected chi connectivity index (χ1v) is 8.11. The Bertz CT molecular complexity index is 484. The molecule has 18 heavy (non-hydrogen) atoms. The molecule has 0 fully saturated rings. The van der Waals surface area contributed by atoms with Crippen LogP contribution in [0.4, 0.5) is 0 Å². The van der Waals surface area contributed by atoms with Crippen LogP contribution in [0.25, 0.3) is 0 Å². The number of alkyl halides is 1. The molecule has 1 rings (SSSR count). The van der Waals surface area contributed by atoms with Crippen LogP contribution in [0.15, 0.2) is 6.20 Å². The number of aromatic nitrogens is 2. The molecule has 0 amide bonds. The summed E-state index contributed by atoms with van der Waals surface area (Å²) in [5.41, 5.74) is 1.84. The molecular formula is C11H20ClN3O2S. The van der Waals surface area contributed by atoms with E-state index >= 15 is 0 Å². The number of sulfonamides is 1. The van der Waals surface area contributed by atoms with Gasteiger partial charge in [-0.2, -0.15) is 5.10 Å². The molecule has 1 aromatic rings. The monoisotopic (exact) mass is 293 g/mol. The second-order valence-corrected chi connectivity index (χ2v) is 6.65. The second kappa shape index (κ2) is 6.54. The first kappa shape index (κ1) is 15.5. The van der Waals surface area contributed by atoms with E-state index in [0.717, 1.165) is 17.7 Å². The van der Waals surface area contributed by atoms with Gasteiger partial charge in [-0.1, -0.05) is 13.8 Å². The Morgan fingerprint density at radius 3 is 2.78 bits per heavy atom. The fraction of sp³-hybridized carbons (Fsp3) is 0.727. The van der Waals surface area contributed by atoms with Crippen molar-refractivity contribution in [2.24, 2.45) is 13.0 Å². The van der Waals surface area contributed by atoms with Gasteiger partial charge in [0.1, 0.15) is 0 Å². The number of rotatable bonds is 7. The van der Waals surface area contributed by atoms with Gasteiger partial charge in [0.15, 0.2) is 0 Å². The Morgan fingerprint density at radius 1 is 1.56 bits per heavy atom. The van der Waals surface area contributed by atoms with E-state index in [2.05, 4.69) is 9.82 Å². The molecule has 0 aliphatic heterocycles. The van der Waals surface area contributed by atoms with Crippen LogP contribution >= 0.6 is 11.6 Å². The molecule has 1 atom stereocenters. The quantitative estimate of drug-likeness (QED) is 0.770. The third kappa shape index (κ3) is 4.59. The van der Waals surface area contributed by atoms with Gasteiger partial charge in [0, 0.05) is 31.2 Å². The molecule has 0 radical (unpaired) electrons. The lowest BCUT2D eigenvalue weighted by Crippen LogP contribution is -2.29. The zero-order chi connectivity index (χ0) is 13.8. The van der Waals surface area contributed by atoms with Gasteiger partial charge in [-0.25, -0.2) is 13.1 Å². The zero-order valence-corrected chi connectivity index (χ0v) is 12.6. The number of hydrogen-bond donors (Lipinski definition) is 1. The summed E-state index contributed by atoms with van der Waals surface area (Å²) in [7, 11) is -1.45. The largest absolute Gasteiger partial charge is 0.275 e. The van der Waals surface area contributed by atoms with Gasteiger partial charge in [-0.3, -0.25) is 4.68 Å². The lowest BCUT2D eigenvalue weighted by atomic mass is 10.2. The highest BCUT2D eigenvalue weighted by molar-refractivity contribution is 7.89. The maximum atomic E-state index is 11.8. The smallest absolute Gasteiger partial charge is 0.212 e. The molecule has 1 N–H and O–H groups in total. The van der Waals surface area contributed by atoms with E-state index in [1.54, 1.807) is 4.68 Å². The molecule has 1 aromatic heterocycles. The highest BCUT2D eigenvalue weighted by atomic mass is 35.5. The van der Waals surface area contributed by atoms with Crippen LogP contribution in [0.1, 0.15) is 25.1 Å². The third-order valence-corrected chi connectivity index (χ3v) is 4.70. The molecule has 0 bridgehead atoms. The van der Waals surface area contributed by atoms with Crippen molar-refractivity contribution >= 4 is 21.6 Å². The maximum absolute atomic E-state index is 11.8. The Morgan fingerprint density at radius 2 is 2.22 bits per heavy atom. The van der Waals surface area contributed by atoms with Crippen molar-refractivity contribution in [1.82, 2.24) is 14.5 Å². The van der Waals surface area contributed by atoms with Gasteiger partial charge in [0.2, 0.25) is 10.0 Å². The van der Waals surface area contributed by atoms with E-state index in [1.807, 2.05) is 27.1 Å². The van der Waals surface area contributed by atoms with Crippen LogP contribution in [-0.4, -0.2) is 29.8 Å².